The SMILES string of the molecule is [C-]#[N+]c1c(-c2ccc(N3c4ccccc4C(C)(C)c4ccccc43)cc2)c(-c2ccc(C3c4ccccc4C(C)(C)c4ccccc43)cc2)c(C#N)c(-c2ccc(N3c4ccccc4C(C)(C)c4ccccc43)cc2)c1-c1ccc(N2c3ccccc3C(C)(C)c3ccccc32)cc1. The molecule has 98 heavy (non-hydrogen) atoms. The number of hydrogen-bond donors (Lipinski definition) is 0. The fourth-order valence-electron chi connectivity index (χ4n) is 17.4. The molecule has 4 aliphatic rings. The Labute approximate surface area is 576 Å². The largest absolute Gasteiger partial charge is 0.310 e. The van der Waals surface area contributed by atoms with Crippen molar-refractivity contribution in [1.82, 2.24) is 0 Å². The summed E-state index contributed by atoms with van der Waals surface area (Å²) in [6.07, 6.45) is 0. The zero-order valence-corrected chi connectivity index (χ0v) is 56.5. The van der Waals surface area contributed by atoms with E-state index in [4.69, 9.17) is 4.85 Å². The van der Waals surface area contributed by atoms with Crippen molar-refractivity contribution in [1.29, 1.82) is 5.26 Å². The van der Waals surface area contributed by atoms with E-state index in [0.717, 1.165) is 79.0 Å². The zero-order chi connectivity index (χ0) is 67.0. The summed E-state index contributed by atoms with van der Waals surface area (Å²) in [5.74, 6) is -0.0240. The quantitative estimate of drug-likeness (QED) is 0.142. The highest BCUT2D eigenvalue weighted by Gasteiger charge is 2.42. The van der Waals surface area contributed by atoms with Crippen molar-refractivity contribution in [3.63, 3.8) is 0 Å². The fraction of sp³-hybridized carbons (Fsp3) is 0.140. The van der Waals surface area contributed by atoms with Crippen LogP contribution in [0.1, 0.15) is 128 Å². The molecule has 0 unspecified atom stereocenters. The Morgan fingerprint density at radius 3 is 0.806 bits per heavy atom. The molecule has 13 aromatic carbocycles. The van der Waals surface area contributed by atoms with Crippen LogP contribution in [0.15, 0.2) is 291 Å². The maximum absolute atomic E-state index is 12.5. The second kappa shape index (κ2) is 22.4. The number of anilines is 9. The van der Waals surface area contributed by atoms with Gasteiger partial charge in [-0.2, -0.15) is 5.26 Å². The Bertz CT molecular complexity index is 4610. The average Bonchev–Trinajstić information content (AvgIpc) is 0.744. The monoisotopic (exact) mass is 1260 g/mol. The van der Waals surface area contributed by atoms with Crippen molar-refractivity contribution in [3.05, 3.63) is 369 Å². The molecule has 17 rings (SSSR count). The van der Waals surface area contributed by atoms with Gasteiger partial charge in [0.25, 0.3) is 0 Å². The van der Waals surface area contributed by atoms with Crippen molar-refractivity contribution >= 4 is 56.9 Å². The first-order chi connectivity index (χ1) is 47.6. The molecule has 13 aromatic rings. The number of nitriles is 1. The van der Waals surface area contributed by atoms with Gasteiger partial charge in [-0.3, -0.25) is 0 Å². The van der Waals surface area contributed by atoms with Gasteiger partial charge in [-0.05, 0) is 179 Å². The summed E-state index contributed by atoms with van der Waals surface area (Å²) in [6, 6.07) is 108. The first-order valence-electron chi connectivity index (χ1n) is 34.2. The molecule has 0 radical (unpaired) electrons. The van der Waals surface area contributed by atoms with Crippen molar-refractivity contribution < 1.29 is 0 Å². The molecule has 0 spiro atoms. The highest BCUT2D eigenvalue weighted by atomic mass is 15.2. The van der Waals surface area contributed by atoms with Gasteiger partial charge in [-0.15, -0.1) is 0 Å². The maximum atomic E-state index is 12.5. The Hall–Kier alpha value is -11.8. The molecule has 0 N–H and O–H groups in total. The number of nitrogens with zero attached hydrogens (tertiary/aromatic N) is 5. The zero-order valence-electron chi connectivity index (χ0n) is 56.5. The normalized spacial score (nSPS) is 15.3. The van der Waals surface area contributed by atoms with Crippen LogP contribution in [0.5, 0.6) is 0 Å². The second-order valence-corrected chi connectivity index (χ2v) is 28.9. The molecule has 0 saturated heterocycles. The Morgan fingerprint density at radius 2 is 0.531 bits per heavy atom. The van der Waals surface area contributed by atoms with Crippen molar-refractivity contribution in [2.45, 2.75) is 83.0 Å². The molecule has 0 amide bonds. The molecular formula is C93H73N5. The number of hydrogen-bond acceptors (Lipinski definition) is 4. The van der Waals surface area contributed by atoms with Gasteiger partial charge in [0, 0.05) is 44.6 Å². The molecular weight excluding hydrogens is 1190 g/mol. The third kappa shape index (κ3) is 8.89. The van der Waals surface area contributed by atoms with E-state index in [1.54, 1.807) is 0 Å². The van der Waals surface area contributed by atoms with Crippen LogP contribution in [0.25, 0.3) is 49.4 Å². The van der Waals surface area contributed by atoms with Crippen molar-refractivity contribution in [3.8, 4) is 50.6 Å². The molecule has 0 atom stereocenters. The molecule has 0 fully saturated rings. The fourth-order valence-corrected chi connectivity index (χ4v) is 17.4. The van der Waals surface area contributed by atoms with E-state index in [9.17, 15) is 11.8 Å². The van der Waals surface area contributed by atoms with E-state index >= 15 is 0 Å². The number of rotatable bonds is 8. The Balaban J connectivity index is 0.906. The van der Waals surface area contributed by atoms with Gasteiger partial charge >= 0.3 is 0 Å². The average molecular weight is 1260 g/mol. The minimum Gasteiger partial charge on any atom is -0.310 e. The standard InChI is InChI=1S/C93H73N5/c1-90(2)70-28-12-10-26-67(70)84(68-27-11-13-29-71(68)90)59-42-44-60(45-43-59)85-69(58-94)86(61-46-52-64(53-47-61)96-78-36-20-14-30-72(78)91(3,4)73-31-15-21-37-79(73)96)88(63-50-56-66(57-51-63)98-82-40-24-18-34-76(82)93(7,8)77-35-19-25-41-83(77)98)89(95-9)87(85)62-48-54-65(55-49-62)97-80-38-22-16-32-74(80)92(5,6)75-33-17-23-39-81(75)97/h10-57,84H,1-8H3. The van der Waals surface area contributed by atoms with E-state index in [0.29, 0.717) is 33.5 Å². The van der Waals surface area contributed by atoms with Gasteiger partial charge in [-0.25, -0.2) is 4.85 Å². The Morgan fingerprint density at radius 1 is 0.296 bits per heavy atom. The van der Waals surface area contributed by atoms with Crippen LogP contribution < -0.4 is 14.7 Å². The van der Waals surface area contributed by atoms with Gasteiger partial charge in [0.1, 0.15) is 6.07 Å². The summed E-state index contributed by atoms with van der Waals surface area (Å²) in [6.45, 7) is 28.3. The topological polar surface area (TPSA) is 37.9 Å². The van der Waals surface area contributed by atoms with Crippen LogP contribution >= 0.6 is 0 Å². The number of fused-ring (bicyclic) bond motifs is 8. The van der Waals surface area contributed by atoms with Crippen molar-refractivity contribution in [2.75, 3.05) is 14.7 Å². The predicted molar refractivity (Wildman–Crippen MR) is 406 cm³/mol. The smallest absolute Gasteiger partial charge is 0.203 e. The molecule has 0 aromatic heterocycles. The van der Waals surface area contributed by atoms with Crippen molar-refractivity contribution in [2.24, 2.45) is 0 Å². The van der Waals surface area contributed by atoms with Crippen LogP contribution in [0.4, 0.5) is 56.9 Å². The summed E-state index contributed by atoms with van der Waals surface area (Å²) >= 11 is 0. The molecule has 470 valence electrons. The predicted octanol–water partition coefficient (Wildman–Crippen LogP) is 24.9. The van der Waals surface area contributed by atoms with Crippen LogP contribution in [-0.4, -0.2) is 0 Å². The molecule has 1 aliphatic carbocycles. The summed E-state index contributed by atoms with van der Waals surface area (Å²) < 4.78 is 0. The van der Waals surface area contributed by atoms with Gasteiger partial charge in [-0.1, -0.05) is 274 Å². The first-order valence-corrected chi connectivity index (χ1v) is 34.2. The van der Waals surface area contributed by atoms with Gasteiger partial charge < -0.3 is 14.7 Å². The molecule has 3 heterocycles. The van der Waals surface area contributed by atoms with Gasteiger partial charge in [0.15, 0.2) is 0 Å². The highest BCUT2D eigenvalue weighted by molar-refractivity contribution is 6.10. The molecule has 0 bridgehead atoms. The second-order valence-electron chi connectivity index (χ2n) is 28.9. The van der Waals surface area contributed by atoms with Gasteiger partial charge in [0.05, 0.1) is 46.3 Å². The summed E-state index contributed by atoms with van der Waals surface area (Å²) in [5, 5.41) is 12.5. The van der Waals surface area contributed by atoms with E-state index in [1.807, 2.05) is 0 Å². The highest BCUT2D eigenvalue weighted by Crippen LogP contribution is 2.59. The minimum atomic E-state index is -0.232. The maximum Gasteiger partial charge on any atom is 0.203 e. The third-order valence-electron chi connectivity index (χ3n) is 22.3. The summed E-state index contributed by atoms with van der Waals surface area (Å²) in [7, 11) is 0. The third-order valence-corrected chi connectivity index (χ3v) is 22.3. The lowest BCUT2D eigenvalue weighted by atomic mass is 9.64. The van der Waals surface area contributed by atoms with Crippen LogP contribution in [0, 0.1) is 17.9 Å². The number of benzene rings is 13. The summed E-state index contributed by atoms with van der Waals surface area (Å²) in [5.41, 5.74) is 29.8. The minimum absolute atomic E-state index is 0.0240. The molecule has 0 saturated carbocycles. The lowest BCUT2D eigenvalue weighted by Gasteiger charge is -2.42. The van der Waals surface area contributed by atoms with Crippen LogP contribution in [-0.2, 0) is 21.7 Å². The van der Waals surface area contributed by atoms with Crippen LogP contribution in [0.3, 0.4) is 0 Å². The lowest BCUT2D eigenvalue weighted by Crippen LogP contribution is -2.30. The van der Waals surface area contributed by atoms with E-state index in [1.165, 1.54) is 55.6 Å². The molecule has 3 aliphatic heterocycles. The van der Waals surface area contributed by atoms with Crippen LogP contribution in [0.2, 0.25) is 0 Å². The Kier molecular flexibility index (Phi) is 13.7. The molecule has 5 nitrogen and oxygen atoms in total. The van der Waals surface area contributed by atoms with E-state index in [2.05, 4.69) is 367 Å². The van der Waals surface area contributed by atoms with Gasteiger partial charge in [0.2, 0.25) is 5.69 Å². The molecule has 5 heteroatoms. The summed E-state index contributed by atoms with van der Waals surface area (Å²) in [4.78, 5) is 11.9. The van der Waals surface area contributed by atoms with E-state index < -0.39 is 0 Å². The lowest BCUT2D eigenvalue weighted by molar-refractivity contribution is 0.597. The first kappa shape index (κ1) is 59.9. The van der Waals surface area contributed by atoms with E-state index in [-0.39, 0.29) is 27.6 Å². The number of para-hydroxylation sites is 6.